The second kappa shape index (κ2) is 7.51. The lowest BCUT2D eigenvalue weighted by Gasteiger charge is -2.35. The normalized spacial score (nSPS) is 20.1. The van der Waals surface area contributed by atoms with Crippen molar-refractivity contribution in [2.75, 3.05) is 13.6 Å². The van der Waals surface area contributed by atoms with E-state index < -0.39 is 0 Å². The number of hydrogen-bond acceptors (Lipinski definition) is 3. The fourth-order valence-electron chi connectivity index (χ4n) is 3.33. The predicted molar refractivity (Wildman–Crippen MR) is 92.8 cm³/mol. The van der Waals surface area contributed by atoms with Crippen LogP contribution in [0.3, 0.4) is 0 Å². The Morgan fingerprint density at radius 1 is 1.13 bits per heavy atom. The zero-order valence-electron chi connectivity index (χ0n) is 13.7. The van der Waals surface area contributed by atoms with Crippen LogP contribution < -0.4 is 4.74 Å². The summed E-state index contributed by atoms with van der Waals surface area (Å²) in [6.07, 6.45) is 4.78. The van der Waals surface area contributed by atoms with Crippen molar-refractivity contribution in [2.45, 2.75) is 37.8 Å². The van der Waals surface area contributed by atoms with E-state index in [2.05, 4.69) is 36.2 Å². The van der Waals surface area contributed by atoms with Crippen LogP contribution in [0.4, 0.5) is 0 Å². The minimum absolute atomic E-state index is 0.00329. The number of rotatable bonds is 5. The van der Waals surface area contributed by atoms with Gasteiger partial charge in [-0.25, -0.2) is 0 Å². The Morgan fingerprint density at radius 2 is 1.96 bits per heavy atom. The average molecular weight is 311 g/mol. The highest BCUT2D eigenvalue weighted by Gasteiger charge is 2.25. The van der Waals surface area contributed by atoms with E-state index in [4.69, 9.17) is 4.74 Å². The molecule has 0 bridgehead atoms. The molecule has 1 saturated heterocycles. The lowest BCUT2D eigenvalue weighted by Crippen LogP contribution is -2.37. The maximum Gasteiger partial charge on any atom is 0.125 e. The van der Waals surface area contributed by atoms with Crippen LogP contribution in [0.25, 0.3) is 0 Å². The van der Waals surface area contributed by atoms with Crippen molar-refractivity contribution < 1.29 is 9.84 Å². The Bertz CT molecular complexity index is 614. The molecule has 3 heteroatoms. The number of nitrogens with zero attached hydrogens (tertiary/aromatic N) is 1. The first-order chi connectivity index (χ1) is 11.2. The summed E-state index contributed by atoms with van der Waals surface area (Å²) < 4.78 is 6.25. The Hall–Kier alpha value is -2.00. The van der Waals surface area contributed by atoms with Crippen molar-refractivity contribution in [1.82, 2.24) is 4.90 Å². The van der Waals surface area contributed by atoms with Gasteiger partial charge in [0.2, 0.25) is 0 Å². The van der Waals surface area contributed by atoms with E-state index in [9.17, 15) is 5.11 Å². The molecule has 0 spiro atoms. The quantitative estimate of drug-likeness (QED) is 0.889. The molecule has 2 aromatic rings. The molecule has 3 rings (SSSR count). The summed E-state index contributed by atoms with van der Waals surface area (Å²) in [5.41, 5.74) is 1.19. The zero-order valence-corrected chi connectivity index (χ0v) is 13.7. The molecule has 2 aromatic carbocycles. The third kappa shape index (κ3) is 4.26. The number of aromatic hydroxyl groups is 1. The van der Waals surface area contributed by atoms with Crippen LogP contribution in [0.15, 0.2) is 54.6 Å². The smallest absolute Gasteiger partial charge is 0.125 e. The molecule has 1 N–H and O–H groups in total. The van der Waals surface area contributed by atoms with E-state index in [1.54, 1.807) is 12.1 Å². The van der Waals surface area contributed by atoms with Crippen molar-refractivity contribution in [1.29, 1.82) is 0 Å². The van der Waals surface area contributed by atoms with Gasteiger partial charge < -0.3 is 14.7 Å². The van der Waals surface area contributed by atoms with Gasteiger partial charge in [-0.05, 0) is 44.1 Å². The number of likely N-dealkylation sites (tertiary alicyclic amines) is 1. The molecule has 122 valence electrons. The standard InChI is InChI=1S/C20H25NO2/c1-21-13-6-5-10-17(21)14-20(16-8-3-2-4-9-16)23-19-12-7-11-18(22)15-19/h2-4,7-9,11-12,15,17,20,22H,5-6,10,13-14H2,1H3. The summed E-state index contributed by atoms with van der Waals surface area (Å²) in [4.78, 5) is 2.45. The number of ether oxygens (including phenoxy) is 1. The van der Waals surface area contributed by atoms with Gasteiger partial charge in [0, 0.05) is 18.5 Å². The lowest BCUT2D eigenvalue weighted by molar-refractivity contribution is 0.109. The van der Waals surface area contributed by atoms with Crippen molar-refractivity contribution in [2.24, 2.45) is 0 Å². The zero-order chi connectivity index (χ0) is 16.1. The largest absolute Gasteiger partial charge is 0.508 e. The molecule has 23 heavy (non-hydrogen) atoms. The van der Waals surface area contributed by atoms with E-state index >= 15 is 0 Å². The van der Waals surface area contributed by atoms with E-state index in [0.717, 1.165) is 18.7 Å². The first kappa shape index (κ1) is 15.9. The fourth-order valence-corrected chi connectivity index (χ4v) is 3.33. The predicted octanol–water partition coefficient (Wildman–Crippen LogP) is 4.39. The van der Waals surface area contributed by atoms with Crippen molar-refractivity contribution in [3.8, 4) is 11.5 Å². The highest BCUT2D eigenvalue weighted by Crippen LogP contribution is 2.31. The number of benzene rings is 2. The third-order valence-corrected chi connectivity index (χ3v) is 4.67. The van der Waals surface area contributed by atoms with Crippen LogP contribution in [0.1, 0.15) is 37.4 Å². The third-order valence-electron chi connectivity index (χ3n) is 4.67. The molecule has 2 unspecified atom stereocenters. The molecule has 2 atom stereocenters. The minimum atomic E-state index is 0.00329. The molecule has 1 fully saturated rings. The van der Waals surface area contributed by atoms with Gasteiger partial charge in [-0.1, -0.05) is 42.8 Å². The maximum absolute atomic E-state index is 9.67. The second-order valence-electron chi connectivity index (χ2n) is 6.38. The first-order valence-electron chi connectivity index (χ1n) is 8.43. The van der Waals surface area contributed by atoms with Gasteiger partial charge in [0.1, 0.15) is 17.6 Å². The fraction of sp³-hybridized carbons (Fsp3) is 0.400. The Morgan fingerprint density at radius 3 is 2.70 bits per heavy atom. The monoisotopic (exact) mass is 311 g/mol. The van der Waals surface area contributed by atoms with Crippen molar-refractivity contribution in [3.63, 3.8) is 0 Å². The topological polar surface area (TPSA) is 32.7 Å². The molecule has 0 aliphatic carbocycles. The molecule has 3 nitrogen and oxygen atoms in total. The van der Waals surface area contributed by atoms with E-state index in [0.29, 0.717) is 6.04 Å². The molecule has 0 radical (unpaired) electrons. The van der Waals surface area contributed by atoms with Crippen molar-refractivity contribution >= 4 is 0 Å². The van der Waals surface area contributed by atoms with Crippen LogP contribution in [0.5, 0.6) is 11.5 Å². The van der Waals surface area contributed by atoms with Gasteiger partial charge in [-0.2, -0.15) is 0 Å². The van der Waals surface area contributed by atoms with Gasteiger partial charge in [0.05, 0.1) is 0 Å². The summed E-state index contributed by atoms with van der Waals surface area (Å²) in [7, 11) is 2.21. The van der Waals surface area contributed by atoms with Crippen LogP contribution in [0.2, 0.25) is 0 Å². The molecule has 0 saturated carbocycles. The van der Waals surface area contributed by atoms with E-state index in [-0.39, 0.29) is 11.9 Å². The van der Waals surface area contributed by atoms with E-state index in [1.807, 2.05) is 18.2 Å². The van der Waals surface area contributed by atoms with Gasteiger partial charge in [-0.15, -0.1) is 0 Å². The minimum Gasteiger partial charge on any atom is -0.508 e. The van der Waals surface area contributed by atoms with Gasteiger partial charge >= 0.3 is 0 Å². The number of hydrogen-bond donors (Lipinski definition) is 1. The molecule has 1 heterocycles. The molecular weight excluding hydrogens is 286 g/mol. The number of phenolic OH excluding ortho intramolecular Hbond substituents is 1. The SMILES string of the molecule is CN1CCCCC1CC(Oc1cccc(O)c1)c1ccccc1. The van der Waals surface area contributed by atoms with Crippen LogP contribution in [-0.2, 0) is 0 Å². The Balaban J connectivity index is 1.79. The number of phenols is 1. The summed E-state index contributed by atoms with van der Waals surface area (Å²) in [6, 6.07) is 18.0. The van der Waals surface area contributed by atoms with E-state index in [1.165, 1.54) is 24.8 Å². The van der Waals surface area contributed by atoms with Crippen LogP contribution >= 0.6 is 0 Å². The molecule has 0 amide bonds. The summed E-state index contributed by atoms with van der Waals surface area (Å²) in [5, 5.41) is 9.67. The second-order valence-corrected chi connectivity index (χ2v) is 6.38. The maximum atomic E-state index is 9.67. The highest BCUT2D eigenvalue weighted by molar-refractivity contribution is 5.32. The molecular formula is C20H25NO2. The molecule has 1 aliphatic heterocycles. The summed E-state index contributed by atoms with van der Waals surface area (Å²) >= 11 is 0. The van der Waals surface area contributed by atoms with Gasteiger partial charge in [-0.3, -0.25) is 0 Å². The average Bonchev–Trinajstić information content (AvgIpc) is 2.57. The molecule has 1 aliphatic rings. The van der Waals surface area contributed by atoms with Crippen molar-refractivity contribution in [3.05, 3.63) is 60.2 Å². The lowest BCUT2D eigenvalue weighted by atomic mass is 9.94. The summed E-state index contributed by atoms with van der Waals surface area (Å²) in [6.45, 7) is 1.16. The van der Waals surface area contributed by atoms with Crippen LogP contribution in [0, 0.1) is 0 Å². The van der Waals surface area contributed by atoms with Gasteiger partial charge in [0.15, 0.2) is 0 Å². The molecule has 0 aromatic heterocycles. The Labute approximate surface area is 138 Å². The van der Waals surface area contributed by atoms with Gasteiger partial charge in [0.25, 0.3) is 0 Å². The number of piperidine rings is 1. The highest BCUT2D eigenvalue weighted by atomic mass is 16.5. The summed E-state index contributed by atoms with van der Waals surface area (Å²) in [5.74, 6) is 0.960. The Kier molecular flexibility index (Phi) is 5.19. The van der Waals surface area contributed by atoms with Crippen LogP contribution in [-0.4, -0.2) is 29.6 Å². The first-order valence-corrected chi connectivity index (χ1v) is 8.43.